The average Bonchev–Trinajstić information content (AvgIpc) is 3.35. The van der Waals surface area contributed by atoms with Gasteiger partial charge in [-0.2, -0.15) is 0 Å². The van der Waals surface area contributed by atoms with Gasteiger partial charge in [0.05, 0.1) is 0 Å². The number of carbonyl (C=O) groups excluding carboxylic acids is 3. The molecule has 0 aromatic carbocycles. The van der Waals surface area contributed by atoms with E-state index in [1.165, 1.54) is 167 Å². The monoisotopic (exact) mass is 965 g/mol. The summed E-state index contributed by atoms with van der Waals surface area (Å²) >= 11 is 0. The minimum absolute atomic E-state index is 0.0805. The van der Waals surface area contributed by atoms with Gasteiger partial charge < -0.3 is 14.2 Å². The summed E-state index contributed by atoms with van der Waals surface area (Å²) in [5.74, 6) is -0.887. The summed E-state index contributed by atoms with van der Waals surface area (Å²) in [5, 5.41) is 0. The predicted molar refractivity (Wildman–Crippen MR) is 298 cm³/mol. The van der Waals surface area contributed by atoms with Crippen molar-refractivity contribution >= 4 is 17.9 Å². The van der Waals surface area contributed by atoms with Crippen LogP contribution in [0.25, 0.3) is 0 Å². The standard InChI is InChI=1S/C63H112O6/c1-4-7-10-13-16-19-22-25-28-30-31-33-35-38-41-44-47-50-53-56-62(65)68-59-60(58-67-61(64)55-52-49-46-43-40-37-34-27-24-21-18-15-12-9-6-3)69-63(66)57-54-51-48-45-42-39-36-32-29-26-23-20-17-14-11-8-5-2/h7,10,16,19,25,27-28,31,33-34,60H,4-6,8-9,11-15,17-18,20-24,26,29-30,32,35-59H2,1-3H3/b10-7-,19-16-,28-25-,33-31-,34-27-. The largest absolute Gasteiger partial charge is 0.462 e. The van der Waals surface area contributed by atoms with Crippen molar-refractivity contribution in [2.24, 2.45) is 0 Å². The van der Waals surface area contributed by atoms with Gasteiger partial charge in [0.1, 0.15) is 13.2 Å². The predicted octanol–water partition coefficient (Wildman–Crippen LogP) is 20.0. The van der Waals surface area contributed by atoms with E-state index < -0.39 is 6.10 Å². The highest BCUT2D eigenvalue weighted by molar-refractivity contribution is 5.71. The topological polar surface area (TPSA) is 78.9 Å². The molecule has 0 aromatic rings. The van der Waals surface area contributed by atoms with E-state index in [4.69, 9.17) is 14.2 Å². The lowest BCUT2D eigenvalue weighted by atomic mass is 10.0. The first-order chi connectivity index (χ1) is 34.0. The van der Waals surface area contributed by atoms with Gasteiger partial charge in [0.2, 0.25) is 0 Å². The number of carbonyl (C=O) groups is 3. The summed E-state index contributed by atoms with van der Waals surface area (Å²) in [5.41, 5.74) is 0. The quantitative estimate of drug-likeness (QED) is 0.0262. The highest BCUT2D eigenvalue weighted by atomic mass is 16.6. The summed E-state index contributed by atoms with van der Waals surface area (Å²) in [7, 11) is 0. The minimum atomic E-state index is -0.782. The molecule has 0 heterocycles. The van der Waals surface area contributed by atoms with Crippen LogP contribution < -0.4 is 0 Å². The van der Waals surface area contributed by atoms with Crippen LogP contribution >= 0.6 is 0 Å². The van der Waals surface area contributed by atoms with Crippen molar-refractivity contribution < 1.29 is 28.6 Å². The van der Waals surface area contributed by atoms with Crippen molar-refractivity contribution in [2.75, 3.05) is 13.2 Å². The second-order valence-corrected chi connectivity index (χ2v) is 19.9. The van der Waals surface area contributed by atoms with Gasteiger partial charge in [0, 0.05) is 19.3 Å². The van der Waals surface area contributed by atoms with Crippen LogP contribution in [0.15, 0.2) is 60.8 Å². The van der Waals surface area contributed by atoms with E-state index in [9.17, 15) is 14.4 Å². The van der Waals surface area contributed by atoms with Gasteiger partial charge in [-0.3, -0.25) is 14.4 Å². The van der Waals surface area contributed by atoms with Gasteiger partial charge in [-0.1, -0.05) is 261 Å². The summed E-state index contributed by atoms with van der Waals surface area (Å²) in [6.07, 6.45) is 72.1. The van der Waals surface area contributed by atoms with Gasteiger partial charge in [-0.25, -0.2) is 0 Å². The van der Waals surface area contributed by atoms with E-state index in [-0.39, 0.29) is 31.1 Å². The number of hydrogen-bond donors (Lipinski definition) is 0. The molecule has 0 saturated carbocycles. The van der Waals surface area contributed by atoms with Gasteiger partial charge >= 0.3 is 17.9 Å². The van der Waals surface area contributed by atoms with Gasteiger partial charge in [-0.15, -0.1) is 0 Å². The van der Waals surface area contributed by atoms with E-state index >= 15 is 0 Å². The first-order valence-corrected chi connectivity index (χ1v) is 29.8. The van der Waals surface area contributed by atoms with Crippen molar-refractivity contribution in [3.8, 4) is 0 Å². The van der Waals surface area contributed by atoms with Crippen molar-refractivity contribution in [1.29, 1.82) is 0 Å². The number of rotatable bonds is 54. The molecule has 1 unspecified atom stereocenters. The smallest absolute Gasteiger partial charge is 0.306 e. The average molecular weight is 966 g/mol. The van der Waals surface area contributed by atoms with E-state index in [0.29, 0.717) is 19.3 Å². The number of unbranched alkanes of at least 4 members (excludes halogenated alkanes) is 33. The van der Waals surface area contributed by atoms with E-state index in [2.05, 4.69) is 81.5 Å². The Bertz CT molecular complexity index is 1250. The van der Waals surface area contributed by atoms with E-state index in [1.54, 1.807) is 0 Å². The number of esters is 3. The van der Waals surface area contributed by atoms with Crippen LogP contribution in [0.4, 0.5) is 0 Å². The highest BCUT2D eigenvalue weighted by Crippen LogP contribution is 2.16. The first kappa shape index (κ1) is 66.1. The van der Waals surface area contributed by atoms with Crippen LogP contribution in [0.5, 0.6) is 0 Å². The van der Waals surface area contributed by atoms with Gasteiger partial charge in [0.25, 0.3) is 0 Å². The van der Waals surface area contributed by atoms with E-state index in [0.717, 1.165) is 96.3 Å². The van der Waals surface area contributed by atoms with Gasteiger partial charge in [-0.05, 0) is 83.5 Å². The second kappa shape index (κ2) is 57.7. The maximum atomic E-state index is 12.9. The van der Waals surface area contributed by atoms with Crippen LogP contribution in [0.3, 0.4) is 0 Å². The molecule has 6 heteroatoms. The zero-order chi connectivity index (χ0) is 50.0. The molecule has 400 valence electrons. The molecule has 1 atom stereocenters. The van der Waals surface area contributed by atoms with Crippen molar-refractivity contribution in [2.45, 2.75) is 309 Å². The fourth-order valence-corrected chi connectivity index (χ4v) is 8.55. The zero-order valence-electron chi connectivity index (χ0n) is 45.8. The van der Waals surface area contributed by atoms with Crippen molar-refractivity contribution in [1.82, 2.24) is 0 Å². The fraction of sp³-hybridized carbons (Fsp3) is 0.794. The summed E-state index contributed by atoms with van der Waals surface area (Å²) in [6.45, 7) is 6.54. The molecule has 0 N–H and O–H groups in total. The molecule has 0 fully saturated rings. The molecule has 0 amide bonds. The molecule has 69 heavy (non-hydrogen) atoms. The Morgan fingerprint density at radius 2 is 0.565 bits per heavy atom. The number of allylic oxidation sites excluding steroid dienone is 10. The molecular formula is C63H112O6. The minimum Gasteiger partial charge on any atom is -0.462 e. The molecule has 0 radical (unpaired) electrons. The van der Waals surface area contributed by atoms with Crippen LogP contribution in [0.2, 0.25) is 0 Å². The van der Waals surface area contributed by atoms with Crippen LogP contribution in [-0.4, -0.2) is 37.2 Å². The maximum absolute atomic E-state index is 12.9. The molecule has 0 bridgehead atoms. The van der Waals surface area contributed by atoms with Crippen molar-refractivity contribution in [3.05, 3.63) is 60.8 Å². The fourth-order valence-electron chi connectivity index (χ4n) is 8.55. The molecule has 0 aliphatic carbocycles. The molecule has 0 aliphatic rings. The summed E-state index contributed by atoms with van der Waals surface area (Å²) < 4.78 is 16.9. The SMILES string of the molecule is CC/C=C\C/C=C\C/C=C\C/C=C\CCCCCCCCC(=O)OCC(COC(=O)CCCCCCC/C=C\CCCCCCCC)OC(=O)CCCCCCCCCCCCCCCCCCC. The Morgan fingerprint density at radius 3 is 0.899 bits per heavy atom. The zero-order valence-corrected chi connectivity index (χ0v) is 45.8. The second-order valence-electron chi connectivity index (χ2n) is 19.9. The molecule has 6 nitrogen and oxygen atoms in total. The van der Waals surface area contributed by atoms with Crippen molar-refractivity contribution in [3.63, 3.8) is 0 Å². The highest BCUT2D eigenvalue weighted by Gasteiger charge is 2.19. The van der Waals surface area contributed by atoms with E-state index in [1.807, 2.05) is 0 Å². The lowest BCUT2D eigenvalue weighted by Gasteiger charge is -2.18. The Hall–Kier alpha value is -2.89. The Balaban J connectivity index is 4.39. The number of hydrogen-bond acceptors (Lipinski definition) is 6. The third-order valence-electron chi connectivity index (χ3n) is 13.0. The molecule has 0 spiro atoms. The lowest BCUT2D eigenvalue weighted by molar-refractivity contribution is -0.167. The molecule has 0 aromatic heterocycles. The summed E-state index contributed by atoms with van der Waals surface area (Å²) in [4.78, 5) is 38.2. The molecular weight excluding hydrogens is 853 g/mol. The van der Waals surface area contributed by atoms with Gasteiger partial charge in [0.15, 0.2) is 6.10 Å². The van der Waals surface area contributed by atoms with Crippen LogP contribution in [0, 0.1) is 0 Å². The Labute approximate surface area is 428 Å². The number of ether oxygens (including phenoxy) is 3. The summed E-state index contributed by atoms with van der Waals surface area (Å²) in [6, 6.07) is 0. The third kappa shape index (κ3) is 55.9. The first-order valence-electron chi connectivity index (χ1n) is 29.8. The Morgan fingerprint density at radius 1 is 0.304 bits per heavy atom. The molecule has 0 aliphatic heterocycles. The van der Waals surface area contributed by atoms with Crippen LogP contribution in [-0.2, 0) is 28.6 Å². The Kier molecular flexibility index (Phi) is 55.3. The third-order valence-corrected chi connectivity index (χ3v) is 13.0. The lowest BCUT2D eigenvalue weighted by Crippen LogP contribution is -2.30. The maximum Gasteiger partial charge on any atom is 0.306 e. The van der Waals surface area contributed by atoms with Crippen LogP contribution in [0.1, 0.15) is 303 Å². The molecule has 0 saturated heterocycles. The molecule has 0 rings (SSSR count). The normalized spacial score (nSPS) is 12.4.